The highest BCUT2D eigenvalue weighted by atomic mass is 16.5. The first-order valence-corrected chi connectivity index (χ1v) is 10.8. The topological polar surface area (TPSA) is 98.0 Å². The van der Waals surface area contributed by atoms with Gasteiger partial charge in [-0.3, -0.25) is 5.41 Å². The van der Waals surface area contributed by atoms with Crippen LogP contribution < -0.4 is 10.5 Å². The molecular weight excluding hydrogens is 376 g/mol. The number of hydrogen-bond acceptors (Lipinski definition) is 5. The van der Waals surface area contributed by atoms with Gasteiger partial charge in [-0.1, -0.05) is 63.4 Å². The molecule has 0 fully saturated rings. The molecule has 3 aromatic rings. The summed E-state index contributed by atoms with van der Waals surface area (Å²) in [6, 6.07) is 12.4. The highest BCUT2D eigenvalue weighted by molar-refractivity contribution is 5.87. The third-order valence-electron chi connectivity index (χ3n) is 4.69. The van der Waals surface area contributed by atoms with Gasteiger partial charge in [-0.15, -0.1) is 0 Å². The van der Waals surface area contributed by atoms with E-state index < -0.39 is 0 Å². The van der Waals surface area contributed by atoms with Crippen LogP contribution in [0, 0.1) is 5.41 Å². The number of fused-ring (bicyclic) bond motifs is 1. The summed E-state index contributed by atoms with van der Waals surface area (Å²) >= 11 is 0. The predicted octanol–water partition coefficient (Wildman–Crippen LogP) is 6.30. The van der Waals surface area contributed by atoms with Crippen molar-refractivity contribution >= 4 is 16.6 Å². The zero-order valence-corrected chi connectivity index (χ0v) is 18.6. The van der Waals surface area contributed by atoms with Gasteiger partial charge in [0.15, 0.2) is 0 Å². The van der Waals surface area contributed by atoms with Gasteiger partial charge in [0.25, 0.3) is 0 Å². The molecule has 1 aromatic heterocycles. The molecule has 162 valence electrons. The second kappa shape index (κ2) is 12.0. The van der Waals surface area contributed by atoms with Gasteiger partial charge in [0, 0.05) is 11.5 Å². The molecule has 0 aliphatic heterocycles. The van der Waals surface area contributed by atoms with Crippen LogP contribution in [0.15, 0.2) is 40.9 Å². The van der Waals surface area contributed by atoms with Crippen molar-refractivity contribution in [3.63, 3.8) is 0 Å². The average Bonchev–Trinajstić information content (AvgIpc) is 3.22. The van der Waals surface area contributed by atoms with Gasteiger partial charge < -0.3 is 15.0 Å². The zero-order valence-electron chi connectivity index (χ0n) is 18.6. The summed E-state index contributed by atoms with van der Waals surface area (Å²) in [7, 11) is 0. The Morgan fingerprint density at radius 1 is 1.10 bits per heavy atom. The molecule has 0 spiro atoms. The minimum absolute atomic E-state index is 0.167. The van der Waals surface area contributed by atoms with Crippen LogP contribution in [0.3, 0.4) is 0 Å². The van der Waals surface area contributed by atoms with Crippen LogP contribution in [0.25, 0.3) is 22.2 Å². The lowest BCUT2D eigenvalue weighted by molar-refractivity contribution is 0.310. The quantitative estimate of drug-likeness (QED) is 0.245. The summed E-state index contributed by atoms with van der Waals surface area (Å²) in [5.41, 5.74) is 5.68. The van der Waals surface area contributed by atoms with Gasteiger partial charge >= 0.3 is 0 Å². The van der Waals surface area contributed by atoms with E-state index in [1.54, 1.807) is 0 Å². The fourth-order valence-electron chi connectivity index (χ4n) is 2.97. The molecule has 1 heterocycles. The van der Waals surface area contributed by atoms with E-state index >= 15 is 0 Å². The zero-order chi connectivity index (χ0) is 21.9. The summed E-state index contributed by atoms with van der Waals surface area (Å²) < 4.78 is 11.3. The van der Waals surface area contributed by atoms with E-state index in [-0.39, 0.29) is 5.84 Å². The molecule has 30 heavy (non-hydrogen) atoms. The summed E-state index contributed by atoms with van der Waals surface area (Å²) in [5.74, 6) is 2.78. The highest BCUT2D eigenvalue weighted by Gasteiger charge is 2.15. The number of unbranched alkanes of at least 4 members (excludes halogenated alkanes) is 2. The molecule has 2 aromatic carbocycles. The number of amidine groups is 1. The maximum atomic E-state index is 6.28. The third-order valence-corrected chi connectivity index (χ3v) is 4.69. The largest absolute Gasteiger partial charge is 0.494 e. The summed E-state index contributed by atoms with van der Waals surface area (Å²) in [6.07, 6.45) is 5.66. The molecule has 0 aliphatic carbocycles. The first-order valence-electron chi connectivity index (χ1n) is 10.8. The van der Waals surface area contributed by atoms with E-state index in [1.165, 1.54) is 19.8 Å². The maximum Gasteiger partial charge on any atom is 0.229 e. The van der Waals surface area contributed by atoms with Crippen LogP contribution >= 0.6 is 0 Å². The second-order valence-electron chi connectivity index (χ2n) is 7.61. The number of hydrogen-bond donors (Lipinski definition) is 2. The molecule has 0 radical (unpaired) electrons. The number of nitrogens with one attached hydrogen (secondary N) is 1. The molecule has 0 unspecified atom stereocenters. The van der Waals surface area contributed by atoms with Crippen LogP contribution in [0.4, 0.5) is 0 Å². The van der Waals surface area contributed by atoms with Gasteiger partial charge in [0.2, 0.25) is 11.7 Å². The summed E-state index contributed by atoms with van der Waals surface area (Å²) in [4.78, 5) is 4.61. The fourth-order valence-corrected chi connectivity index (χ4v) is 2.97. The lowest BCUT2D eigenvalue weighted by Gasteiger charge is -2.07. The average molecular weight is 411 g/mol. The Kier molecular flexibility index (Phi) is 9.32. The number of nitrogens with two attached hydrogens (primary N) is 1. The van der Waals surface area contributed by atoms with Crippen molar-refractivity contribution in [3.8, 4) is 17.1 Å². The van der Waals surface area contributed by atoms with Crippen LogP contribution in [0.2, 0.25) is 0 Å². The van der Waals surface area contributed by atoms with E-state index in [0.29, 0.717) is 11.7 Å². The fraction of sp³-hybridized carbons (Fsp3) is 0.458. The smallest absolute Gasteiger partial charge is 0.229 e. The minimum Gasteiger partial charge on any atom is -0.494 e. The Labute approximate surface area is 179 Å². The van der Waals surface area contributed by atoms with Crippen molar-refractivity contribution in [1.82, 2.24) is 10.1 Å². The molecule has 0 aliphatic rings. The lowest BCUT2D eigenvalue weighted by atomic mass is 10.0. The van der Waals surface area contributed by atoms with Gasteiger partial charge in [-0.25, -0.2) is 0 Å². The first kappa shape index (κ1) is 23.4. The second-order valence-corrected chi connectivity index (χ2v) is 7.61. The minimum atomic E-state index is 0.167. The van der Waals surface area contributed by atoms with E-state index in [2.05, 4.69) is 55.2 Å². The van der Waals surface area contributed by atoms with Crippen LogP contribution in [-0.4, -0.2) is 22.6 Å². The van der Waals surface area contributed by atoms with Crippen LogP contribution in [-0.2, 0) is 0 Å². The Hall–Kier alpha value is -2.89. The molecule has 3 rings (SSSR count). The number of nitrogens with zero attached hydrogens (tertiary/aromatic N) is 2. The molecule has 6 heteroatoms. The highest BCUT2D eigenvalue weighted by Crippen LogP contribution is 2.27. The van der Waals surface area contributed by atoms with Crippen molar-refractivity contribution in [2.24, 2.45) is 5.73 Å². The van der Waals surface area contributed by atoms with Gasteiger partial charge in [-0.05, 0) is 48.7 Å². The van der Waals surface area contributed by atoms with E-state index in [4.69, 9.17) is 20.4 Å². The Balaban J connectivity index is 0.000000735. The molecular formula is C24H34N4O2. The normalized spacial score (nSPS) is 11.6. The van der Waals surface area contributed by atoms with Crippen molar-refractivity contribution in [2.45, 2.75) is 65.7 Å². The number of rotatable bonds is 9. The van der Waals surface area contributed by atoms with Crippen LogP contribution in [0.1, 0.15) is 71.6 Å². The molecule has 0 saturated heterocycles. The van der Waals surface area contributed by atoms with Gasteiger partial charge in [-0.2, -0.15) is 4.98 Å². The van der Waals surface area contributed by atoms with Crippen molar-refractivity contribution in [3.05, 3.63) is 42.3 Å². The monoisotopic (exact) mass is 410 g/mol. The van der Waals surface area contributed by atoms with Crippen LogP contribution in [0.5, 0.6) is 5.75 Å². The van der Waals surface area contributed by atoms with Gasteiger partial charge in [0.05, 0.1) is 12.4 Å². The molecule has 3 N–H and O–H groups in total. The number of aromatic nitrogens is 2. The maximum absolute atomic E-state index is 6.28. The number of benzene rings is 2. The predicted molar refractivity (Wildman–Crippen MR) is 123 cm³/mol. The SMILES string of the molecule is CC(=N)N.CCCCOc1ccc2cc(-c3noc([C@@H](C)CCCC)n3)ccc2c1. The van der Waals surface area contributed by atoms with Gasteiger partial charge in [0.1, 0.15) is 5.75 Å². The third kappa shape index (κ3) is 7.17. The first-order chi connectivity index (χ1) is 14.4. The molecule has 1 atom stereocenters. The Morgan fingerprint density at radius 2 is 1.77 bits per heavy atom. The van der Waals surface area contributed by atoms with E-state index in [9.17, 15) is 0 Å². The summed E-state index contributed by atoms with van der Waals surface area (Å²) in [6.45, 7) is 8.80. The van der Waals surface area contributed by atoms with E-state index in [0.717, 1.165) is 53.8 Å². The lowest BCUT2D eigenvalue weighted by Crippen LogP contribution is -2.00. The van der Waals surface area contributed by atoms with E-state index in [1.807, 2.05) is 12.1 Å². The molecule has 6 nitrogen and oxygen atoms in total. The van der Waals surface area contributed by atoms with Crippen molar-refractivity contribution < 1.29 is 9.26 Å². The molecule has 0 amide bonds. The Bertz CT molecular complexity index is 932. The molecule has 0 saturated carbocycles. The number of ether oxygens (including phenoxy) is 1. The molecule has 0 bridgehead atoms. The standard InChI is InChI=1S/C22H28N2O2.C2H6N2/c1-4-6-8-16(3)22-23-21(24-26-22)19-10-9-18-15-20(25-13-7-5-2)12-11-17(18)14-19;1-2(3)4/h9-12,14-16H,4-8,13H2,1-3H3;1H3,(H3,3,4)/t16-;/m0./s1. The summed E-state index contributed by atoms with van der Waals surface area (Å²) in [5, 5.41) is 12.8. The van der Waals surface area contributed by atoms with Crippen molar-refractivity contribution in [2.75, 3.05) is 6.61 Å². The van der Waals surface area contributed by atoms with Crippen molar-refractivity contribution in [1.29, 1.82) is 5.41 Å². The Morgan fingerprint density at radius 3 is 2.47 bits per heavy atom.